The van der Waals surface area contributed by atoms with Crippen molar-refractivity contribution in [3.8, 4) is 0 Å². The Hall–Kier alpha value is -1.81. The Labute approximate surface area is 135 Å². The zero-order valence-electron chi connectivity index (χ0n) is 12.6. The lowest BCUT2D eigenvalue weighted by Gasteiger charge is -2.12. The molecule has 2 aromatic carbocycles. The third-order valence-electron chi connectivity index (χ3n) is 3.28. The molecule has 1 atom stereocenters. The van der Waals surface area contributed by atoms with Gasteiger partial charge in [0, 0.05) is 11.4 Å². The largest absolute Gasteiger partial charge is 0.355 e. The van der Waals surface area contributed by atoms with Crippen LogP contribution in [0, 0.1) is 5.82 Å². The predicted molar refractivity (Wildman–Crippen MR) is 89.5 cm³/mol. The lowest BCUT2D eigenvalue weighted by molar-refractivity contribution is -0.120. The molecule has 0 fully saturated rings. The van der Waals surface area contributed by atoms with Gasteiger partial charge >= 0.3 is 0 Å². The van der Waals surface area contributed by atoms with Crippen molar-refractivity contribution in [1.29, 1.82) is 0 Å². The van der Waals surface area contributed by atoms with E-state index in [1.54, 1.807) is 23.9 Å². The van der Waals surface area contributed by atoms with Crippen molar-refractivity contribution < 1.29 is 9.18 Å². The first-order valence-corrected chi connectivity index (χ1v) is 8.27. The smallest absolute Gasteiger partial charge is 0.233 e. The molecule has 0 saturated heterocycles. The highest BCUT2D eigenvalue weighted by Gasteiger charge is 2.13. The van der Waals surface area contributed by atoms with Gasteiger partial charge in [-0.25, -0.2) is 4.39 Å². The molecule has 1 N–H and O–H groups in total. The molecule has 0 radical (unpaired) electrons. The number of rotatable bonds is 7. The van der Waals surface area contributed by atoms with Crippen molar-refractivity contribution in [1.82, 2.24) is 5.32 Å². The van der Waals surface area contributed by atoms with Gasteiger partial charge in [-0.3, -0.25) is 4.79 Å². The number of benzene rings is 2. The standard InChI is InChI=1S/C18H20FNOS/c1-14(22-17-7-3-2-4-8-17)18(21)20-13-5-6-15-9-11-16(19)12-10-15/h2-4,7-12,14H,5-6,13H2,1H3,(H,20,21)/t14-/m1/s1. The molecule has 0 aliphatic carbocycles. The molecule has 22 heavy (non-hydrogen) atoms. The number of hydrogen-bond acceptors (Lipinski definition) is 2. The first-order valence-electron chi connectivity index (χ1n) is 7.39. The number of amides is 1. The van der Waals surface area contributed by atoms with Crippen LogP contribution < -0.4 is 5.32 Å². The molecule has 0 saturated carbocycles. The Bertz CT molecular complexity index is 586. The predicted octanol–water partition coefficient (Wildman–Crippen LogP) is 4.06. The highest BCUT2D eigenvalue weighted by atomic mass is 32.2. The van der Waals surface area contributed by atoms with Crippen LogP contribution in [0.25, 0.3) is 0 Å². The van der Waals surface area contributed by atoms with Crippen LogP contribution >= 0.6 is 11.8 Å². The molecule has 2 nitrogen and oxygen atoms in total. The summed E-state index contributed by atoms with van der Waals surface area (Å²) in [5.41, 5.74) is 1.09. The lowest BCUT2D eigenvalue weighted by Crippen LogP contribution is -2.31. The first-order chi connectivity index (χ1) is 10.6. The van der Waals surface area contributed by atoms with E-state index in [2.05, 4.69) is 5.32 Å². The van der Waals surface area contributed by atoms with E-state index in [1.165, 1.54) is 12.1 Å². The maximum atomic E-state index is 12.8. The van der Waals surface area contributed by atoms with Gasteiger partial charge in [0.2, 0.25) is 5.91 Å². The Kier molecular flexibility index (Phi) is 6.46. The fourth-order valence-corrected chi connectivity index (χ4v) is 2.97. The highest BCUT2D eigenvalue weighted by Crippen LogP contribution is 2.22. The summed E-state index contributed by atoms with van der Waals surface area (Å²) in [6.45, 7) is 2.54. The number of aryl methyl sites for hydroxylation is 1. The summed E-state index contributed by atoms with van der Waals surface area (Å²) in [6.07, 6.45) is 1.68. The second-order valence-corrected chi connectivity index (χ2v) is 6.51. The van der Waals surface area contributed by atoms with Crippen molar-refractivity contribution >= 4 is 17.7 Å². The van der Waals surface area contributed by atoms with E-state index in [0.29, 0.717) is 6.54 Å². The van der Waals surface area contributed by atoms with Gasteiger partial charge in [-0.2, -0.15) is 0 Å². The molecule has 116 valence electrons. The number of carbonyl (C=O) groups is 1. The van der Waals surface area contributed by atoms with E-state index in [0.717, 1.165) is 23.3 Å². The molecule has 0 heterocycles. The van der Waals surface area contributed by atoms with Crippen LogP contribution in [-0.2, 0) is 11.2 Å². The molecule has 4 heteroatoms. The summed E-state index contributed by atoms with van der Waals surface area (Å²) in [5.74, 6) is -0.170. The second-order valence-electron chi connectivity index (χ2n) is 5.09. The minimum Gasteiger partial charge on any atom is -0.355 e. The van der Waals surface area contributed by atoms with E-state index in [1.807, 2.05) is 37.3 Å². The summed E-state index contributed by atoms with van der Waals surface area (Å²) in [4.78, 5) is 13.1. The number of thioether (sulfide) groups is 1. The van der Waals surface area contributed by atoms with Gasteiger partial charge in [-0.1, -0.05) is 30.3 Å². The molecule has 0 aliphatic heterocycles. The van der Waals surface area contributed by atoms with Crippen LogP contribution in [0.15, 0.2) is 59.5 Å². The summed E-state index contributed by atoms with van der Waals surface area (Å²) in [5, 5.41) is 2.83. The van der Waals surface area contributed by atoms with Gasteiger partial charge in [0.25, 0.3) is 0 Å². The molecule has 0 aromatic heterocycles. The van der Waals surface area contributed by atoms with Gasteiger partial charge in [-0.15, -0.1) is 11.8 Å². The molecular weight excluding hydrogens is 297 g/mol. The number of nitrogens with one attached hydrogen (secondary N) is 1. The van der Waals surface area contributed by atoms with E-state index in [4.69, 9.17) is 0 Å². The van der Waals surface area contributed by atoms with Crippen molar-refractivity contribution in [3.63, 3.8) is 0 Å². The van der Waals surface area contributed by atoms with Gasteiger partial charge in [0.15, 0.2) is 0 Å². The topological polar surface area (TPSA) is 29.1 Å². The van der Waals surface area contributed by atoms with Crippen LogP contribution in [0.4, 0.5) is 4.39 Å². The quantitative estimate of drug-likeness (QED) is 0.616. The van der Waals surface area contributed by atoms with E-state index in [9.17, 15) is 9.18 Å². The molecule has 0 bridgehead atoms. The Morgan fingerprint density at radius 2 is 1.82 bits per heavy atom. The Morgan fingerprint density at radius 1 is 1.14 bits per heavy atom. The maximum Gasteiger partial charge on any atom is 0.233 e. The fraction of sp³-hybridized carbons (Fsp3) is 0.278. The molecule has 2 aromatic rings. The first kappa shape index (κ1) is 16.6. The third kappa shape index (κ3) is 5.53. The van der Waals surface area contributed by atoms with E-state index < -0.39 is 0 Å². The van der Waals surface area contributed by atoms with Crippen molar-refractivity contribution in [2.45, 2.75) is 29.9 Å². The molecule has 2 rings (SSSR count). The van der Waals surface area contributed by atoms with Gasteiger partial charge in [-0.05, 0) is 49.6 Å². The van der Waals surface area contributed by atoms with Gasteiger partial charge < -0.3 is 5.32 Å². The molecule has 0 spiro atoms. The lowest BCUT2D eigenvalue weighted by atomic mass is 10.1. The summed E-state index contributed by atoms with van der Waals surface area (Å²) in [7, 11) is 0. The zero-order valence-corrected chi connectivity index (χ0v) is 13.4. The molecule has 0 unspecified atom stereocenters. The monoisotopic (exact) mass is 317 g/mol. The fourth-order valence-electron chi connectivity index (χ4n) is 2.06. The van der Waals surface area contributed by atoms with Crippen molar-refractivity contribution in [3.05, 3.63) is 66.0 Å². The minimum atomic E-state index is -0.219. The second kappa shape index (κ2) is 8.59. The van der Waals surface area contributed by atoms with Gasteiger partial charge in [0.1, 0.15) is 5.82 Å². The normalized spacial score (nSPS) is 11.9. The number of halogens is 1. The van der Waals surface area contributed by atoms with Crippen molar-refractivity contribution in [2.24, 2.45) is 0 Å². The third-order valence-corrected chi connectivity index (χ3v) is 4.39. The minimum absolute atomic E-state index is 0.0490. The number of hydrogen-bond donors (Lipinski definition) is 1. The van der Waals surface area contributed by atoms with Crippen molar-refractivity contribution in [2.75, 3.05) is 6.54 Å². The zero-order chi connectivity index (χ0) is 15.8. The molecule has 0 aliphatic rings. The number of carbonyl (C=O) groups excluding carboxylic acids is 1. The van der Waals surface area contributed by atoms with E-state index >= 15 is 0 Å². The Balaban J connectivity index is 1.67. The summed E-state index contributed by atoms with van der Waals surface area (Å²) < 4.78 is 12.8. The summed E-state index contributed by atoms with van der Waals surface area (Å²) >= 11 is 1.55. The van der Waals surface area contributed by atoms with E-state index in [-0.39, 0.29) is 17.0 Å². The molecular formula is C18H20FNOS. The van der Waals surface area contributed by atoms with Crippen LogP contribution in [0.1, 0.15) is 18.9 Å². The van der Waals surface area contributed by atoms with Crippen LogP contribution in [0.3, 0.4) is 0 Å². The highest BCUT2D eigenvalue weighted by molar-refractivity contribution is 8.00. The van der Waals surface area contributed by atoms with Gasteiger partial charge in [0.05, 0.1) is 5.25 Å². The van der Waals surface area contributed by atoms with Crippen LogP contribution in [0.2, 0.25) is 0 Å². The average Bonchev–Trinajstić information content (AvgIpc) is 2.54. The molecule has 1 amide bonds. The van der Waals surface area contributed by atoms with Crippen LogP contribution in [-0.4, -0.2) is 17.7 Å². The average molecular weight is 317 g/mol. The van der Waals surface area contributed by atoms with Crippen LogP contribution in [0.5, 0.6) is 0 Å². The summed E-state index contributed by atoms with van der Waals surface area (Å²) in [6, 6.07) is 16.4. The Morgan fingerprint density at radius 3 is 2.50 bits per heavy atom. The maximum absolute atomic E-state index is 12.8. The SMILES string of the molecule is C[C@@H](Sc1ccccc1)C(=O)NCCCc1ccc(F)cc1.